The van der Waals surface area contributed by atoms with Crippen LogP contribution in [0, 0.1) is 37.0 Å². The van der Waals surface area contributed by atoms with E-state index >= 15 is 0 Å². The number of rotatable bonds is 6. The Balaban J connectivity index is 1.96. The van der Waals surface area contributed by atoms with Crippen LogP contribution in [0.5, 0.6) is 0 Å². The lowest BCUT2D eigenvalue weighted by Crippen LogP contribution is -2.50. The van der Waals surface area contributed by atoms with Gasteiger partial charge in [0.05, 0.1) is 12.0 Å². The second-order valence-electron chi connectivity index (χ2n) is 7.75. The highest BCUT2D eigenvalue weighted by Gasteiger charge is 2.37. The molecule has 0 unspecified atom stereocenters. The number of nitrogens with zero attached hydrogens (tertiary/aromatic N) is 2. The summed E-state index contributed by atoms with van der Waals surface area (Å²) in [7, 11) is 0. The Morgan fingerprint density at radius 1 is 1.39 bits per heavy atom. The van der Waals surface area contributed by atoms with Crippen molar-refractivity contribution in [1.29, 1.82) is 5.26 Å². The van der Waals surface area contributed by atoms with E-state index < -0.39 is 29.9 Å². The molecule has 0 radical (unpaired) electrons. The highest BCUT2D eigenvalue weighted by atomic mass is 16.5. The van der Waals surface area contributed by atoms with E-state index in [9.17, 15) is 19.6 Å². The van der Waals surface area contributed by atoms with Gasteiger partial charge in [-0.05, 0) is 43.9 Å². The number of esters is 1. The van der Waals surface area contributed by atoms with Crippen LogP contribution in [0.3, 0.4) is 0 Å². The van der Waals surface area contributed by atoms with Crippen LogP contribution < -0.4 is 10.2 Å². The molecule has 28 heavy (non-hydrogen) atoms. The quantitative estimate of drug-likeness (QED) is 0.757. The van der Waals surface area contributed by atoms with Gasteiger partial charge in [-0.1, -0.05) is 26.0 Å². The summed E-state index contributed by atoms with van der Waals surface area (Å²) in [6.45, 7) is 8.92. The Bertz CT molecular complexity index is 827. The normalized spacial score (nSPS) is 18.5. The molecule has 1 N–H and O–H groups in total. The molecular weight excluding hydrogens is 358 g/mol. The van der Waals surface area contributed by atoms with Crippen LogP contribution in [0.2, 0.25) is 0 Å². The van der Waals surface area contributed by atoms with Gasteiger partial charge in [0, 0.05) is 18.7 Å². The molecule has 1 aromatic rings. The van der Waals surface area contributed by atoms with Crippen LogP contribution in [-0.2, 0) is 19.1 Å². The maximum atomic E-state index is 12.4. The summed E-state index contributed by atoms with van der Waals surface area (Å²) < 4.78 is 5.11. The number of nitrogens with one attached hydrogen (secondary N) is 1. The molecule has 7 nitrogen and oxygen atoms in total. The molecule has 0 bridgehead atoms. The van der Waals surface area contributed by atoms with Crippen LogP contribution >= 0.6 is 0 Å². The number of anilines is 1. The van der Waals surface area contributed by atoms with Gasteiger partial charge in [0.25, 0.3) is 5.91 Å². The van der Waals surface area contributed by atoms with Crippen LogP contribution in [0.15, 0.2) is 18.2 Å². The highest BCUT2D eigenvalue weighted by Crippen LogP contribution is 2.29. The zero-order valence-corrected chi connectivity index (χ0v) is 17.0. The number of carbonyl (C=O) groups is 3. The molecule has 1 saturated heterocycles. The lowest BCUT2D eigenvalue weighted by Gasteiger charge is -2.27. The highest BCUT2D eigenvalue weighted by molar-refractivity contribution is 6.00. The number of carbonyl (C=O) groups excluding carboxylic acids is 3. The smallest absolute Gasteiger partial charge is 0.311 e. The third-order valence-corrected chi connectivity index (χ3v) is 5.46. The summed E-state index contributed by atoms with van der Waals surface area (Å²) >= 11 is 0. The fourth-order valence-corrected chi connectivity index (χ4v) is 3.01. The minimum Gasteiger partial charge on any atom is -0.455 e. The average molecular weight is 385 g/mol. The summed E-state index contributed by atoms with van der Waals surface area (Å²) in [6.07, 6.45) is 0.0513. The lowest BCUT2D eigenvalue weighted by molar-refractivity contribution is -0.152. The monoisotopic (exact) mass is 385 g/mol. The minimum atomic E-state index is -1.04. The molecule has 0 spiro atoms. The Morgan fingerprint density at radius 3 is 2.68 bits per heavy atom. The summed E-state index contributed by atoms with van der Waals surface area (Å²) in [5.41, 5.74) is 1.82. The number of nitriles is 1. The van der Waals surface area contributed by atoms with Crippen molar-refractivity contribution in [3.8, 4) is 6.07 Å². The number of benzene rings is 1. The zero-order chi connectivity index (χ0) is 21.1. The molecule has 2 rings (SSSR count). The standard InChI is InChI=1S/C21H27N3O4/c1-13(2)21(5,12-22)23-18(25)11-28-20(27)16-9-19(26)24(10-16)17-8-6-7-14(3)15(17)4/h6-8,13,16H,9-11H2,1-5H3,(H,23,25)/t16-,21+/m0/s1. The lowest BCUT2D eigenvalue weighted by atomic mass is 9.90. The molecule has 0 saturated carbocycles. The van der Waals surface area contributed by atoms with Gasteiger partial charge in [0.2, 0.25) is 5.91 Å². The maximum absolute atomic E-state index is 12.4. The van der Waals surface area contributed by atoms with Crippen molar-refractivity contribution in [3.63, 3.8) is 0 Å². The second kappa shape index (κ2) is 8.42. The van der Waals surface area contributed by atoms with Crippen molar-refractivity contribution < 1.29 is 19.1 Å². The summed E-state index contributed by atoms with van der Waals surface area (Å²) in [4.78, 5) is 38.4. The van der Waals surface area contributed by atoms with Crippen molar-refractivity contribution in [2.45, 2.75) is 46.6 Å². The SMILES string of the molecule is Cc1cccc(N2C[C@@H](C(=O)OCC(=O)N[C@](C)(C#N)C(C)C)CC2=O)c1C. The van der Waals surface area contributed by atoms with Crippen LogP contribution in [0.4, 0.5) is 5.69 Å². The predicted molar refractivity (Wildman–Crippen MR) is 104 cm³/mol. The summed E-state index contributed by atoms with van der Waals surface area (Å²) in [6, 6.07) is 7.77. The van der Waals surface area contributed by atoms with E-state index in [0.717, 1.165) is 16.8 Å². The van der Waals surface area contributed by atoms with Gasteiger partial charge in [-0.15, -0.1) is 0 Å². The van der Waals surface area contributed by atoms with E-state index in [1.54, 1.807) is 11.8 Å². The van der Waals surface area contributed by atoms with Gasteiger partial charge < -0.3 is 15.0 Å². The van der Waals surface area contributed by atoms with E-state index in [0.29, 0.717) is 0 Å². The van der Waals surface area contributed by atoms with Gasteiger partial charge in [0.1, 0.15) is 5.54 Å². The van der Waals surface area contributed by atoms with Gasteiger partial charge in [-0.25, -0.2) is 0 Å². The first-order chi connectivity index (χ1) is 13.1. The van der Waals surface area contributed by atoms with Crippen LogP contribution in [0.1, 0.15) is 38.3 Å². The topological polar surface area (TPSA) is 99.5 Å². The molecule has 0 aliphatic carbocycles. The van der Waals surface area contributed by atoms with Crippen molar-refractivity contribution in [2.75, 3.05) is 18.1 Å². The predicted octanol–water partition coefficient (Wildman–Crippen LogP) is 2.25. The van der Waals surface area contributed by atoms with E-state index in [4.69, 9.17) is 4.74 Å². The van der Waals surface area contributed by atoms with E-state index in [1.165, 1.54) is 0 Å². The molecule has 1 heterocycles. The Hall–Kier alpha value is -2.88. The summed E-state index contributed by atoms with van der Waals surface area (Å²) in [5, 5.41) is 11.8. The molecule has 1 fully saturated rings. The number of aryl methyl sites for hydroxylation is 1. The van der Waals surface area contributed by atoms with Crippen LogP contribution in [0.25, 0.3) is 0 Å². The molecule has 1 aliphatic heterocycles. The third kappa shape index (κ3) is 4.50. The molecule has 1 aliphatic rings. The fraction of sp³-hybridized carbons (Fsp3) is 0.524. The first kappa shape index (κ1) is 21.4. The van der Waals surface area contributed by atoms with E-state index in [1.807, 2.05) is 45.9 Å². The number of ether oxygens (including phenoxy) is 1. The van der Waals surface area contributed by atoms with Crippen molar-refractivity contribution in [3.05, 3.63) is 29.3 Å². The number of hydrogen-bond acceptors (Lipinski definition) is 5. The molecule has 150 valence electrons. The molecule has 1 aromatic carbocycles. The molecular formula is C21H27N3O4. The third-order valence-electron chi connectivity index (χ3n) is 5.46. The first-order valence-corrected chi connectivity index (χ1v) is 9.34. The van der Waals surface area contributed by atoms with Gasteiger partial charge in [-0.3, -0.25) is 14.4 Å². The Labute approximate surface area is 165 Å². The van der Waals surface area contributed by atoms with Gasteiger partial charge in [0.15, 0.2) is 6.61 Å². The van der Waals surface area contributed by atoms with Gasteiger partial charge in [-0.2, -0.15) is 5.26 Å². The maximum Gasteiger partial charge on any atom is 0.311 e. The molecule has 2 amide bonds. The minimum absolute atomic E-state index is 0.0513. The fourth-order valence-electron chi connectivity index (χ4n) is 3.01. The van der Waals surface area contributed by atoms with E-state index in [-0.39, 0.29) is 24.8 Å². The van der Waals surface area contributed by atoms with Gasteiger partial charge >= 0.3 is 5.97 Å². The average Bonchev–Trinajstić information content (AvgIpc) is 3.03. The van der Waals surface area contributed by atoms with Crippen molar-refractivity contribution in [1.82, 2.24) is 5.32 Å². The second-order valence-corrected chi connectivity index (χ2v) is 7.75. The Kier molecular flexibility index (Phi) is 6.45. The van der Waals surface area contributed by atoms with E-state index in [2.05, 4.69) is 11.4 Å². The summed E-state index contributed by atoms with van der Waals surface area (Å²) in [5.74, 6) is -1.98. The zero-order valence-electron chi connectivity index (χ0n) is 17.0. The van der Waals surface area contributed by atoms with Crippen molar-refractivity contribution in [2.24, 2.45) is 11.8 Å². The molecule has 7 heteroatoms. The first-order valence-electron chi connectivity index (χ1n) is 9.34. The number of amides is 2. The van der Waals surface area contributed by atoms with Crippen molar-refractivity contribution >= 4 is 23.5 Å². The molecule has 2 atom stereocenters. The largest absolute Gasteiger partial charge is 0.455 e. The number of hydrogen-bond donors (Lipinski definition) is 1. The Morgan fingerprint density at radius 2 is 2.07 bits per heavy atom. The van der Waals surface area contributed by atoms with Crippen LogP contribution in [-0.4, -0.2) is 36.5 Å². The molecule has 0 aromatic heterocycles.